The first-order valence-corrected chi connectivity index (χ1v) is 5.99. The predicted octanol–water partition coefficient (Wildman–Crippen LogP) is 2.68. The summed E-state index contributed by atoms with van der Waals surface area (Å²) in [5.74, 6) is 1.04. The average molecular weight is 280 g/mol. The first kappa shape index (κ1) is 16.0. The summed E-state index contributed by atoms with van der Waals surface area (Å²) in [5.41, 5.74) is -0.0511. The SMILES string of the molecule is CC(C)(C)NCc1ncc(CCOCC(F)(F)F)o1. The van der Waals surface area contributed by atoms with Crippen LogP contribution < -0.4 is 5.32 Å². The highest BCUT2D eigenvalue weighted by atomic mass is 19.4. The molecule has 0 radical (unpaired) electrons. The minimum Gasteiger partial charge on any atom is -0.444 e. The highest BCUT2D eigenvalue weighted by molar-refractivity contribution is 4.94. The van der Waals surface area contributed by atoms with Crippen molar-refractivity contribution in [1.29, 1.82) is 0 Å². The molecule has 1 aromatic rings. The van der Waals surface area contributed by atoms with E-state index in [1.165, 1.54) is 6.20 Å². The lowest BCUT2D eigenvalue weighted by Gasteiger charge is -2.18. The summed E-state index contributed by atoms with van der Waals surface area (Å²) in [6, 6.07) is 0. The van der Waals surface area contributed by atoms with Gasteiger partial charge in [-0.3, -0.25) is 0 Å². The molecule has 0 aromatic carbocycles. The quantitative estimate of drug-likeness (QED) is 0.814. The van der Waals surface area contributed by atoms with Crippen molar-refractivity contribution in [1.82, 2.24) is 10.3 Å². The van der Waals surface area contributed by atoms with Gasteiger partial charge in [-0.1, -0.05) is 0 Å². The molecule has 0 unspecified atom stereocenters. The Bertz CT molecular complexity index is 383. The minimum atomic E-state index is -4.29. The van der Waals surface area contributed by atoms with Gasteiger partial charge in [0.15, 0.2) is 0 Å². The normalized spacial score (nSPS) is 12.9. The van der Waals surface area contributed by atoms with E-state index in [4.69, 9.17) is 4.42 Å². The van der Waals surface area contributed by atoms with Crippen LogP contribution in [0.5, 0.6) is 0 Å². The molecule has 1 N–H and O–H groups in total. The summed E-state index contributed by atoms with van der Waals surface area (Å²) in [6.45, 7) is 5.25. The van der Waals surface area contributed by atoms with Gasteiger partial charge in [-0.05, 0) is 20.8 Å². The minimum absolute atomic E-state index is 0.0408. The average Bonchev–Trinajstić information content (AvgIpc) is 2.67. The summed E-state index contributed by atoms with van der Waals surface area (Å²) < 4.78 is 45.4. The Morgan fingerprint density at radius 3 is 2.58 bits per heavy atom. The third-order valence-electron chi connectivity index (χ3n) is 2.13. The summed E-state index contributed by atoms with van der Waals surface area (Å²) >= 11 is 0. The lowest BCUT2D eigenvalue weighted by atomic mass is 10.1. The van der Waals surface area contributed by atoms with Crippen molar-refractivity contribution in [2.45, 2.75) is 45.5 Å². The van der Waals surface area contributed by atoms with E-state index >= 15 is 0 Å². The van der Waals surface area contributed by atoms with Crippen molar-refractivity contribution in [3.05, 3.63) is 17.8 Å². The van der Waals surface area contributed by atoms with Crippen LogP contribution in [0.15, 0.2) is 10.6 Å². The molecular formula is C12H19F3N2O2. The van der Waals surface area contributed by atoms with Crippen LogP contribution in [0, 0.1) is 0 Å². The Labute approximate surface area is 110 Å². The fourth-order valence-corrected chi connectivity index (χ4v) is 1.25. The number of nitrogens with one attached hydrogen (secondary N) is 1. The Balaban J connectivity index is 2.27. The number of oxazole rings is 1. The monoisotopic (exact) mass is 280 g/mol. The second kappa shape index (κ2) is 6.38. The van der Waals surface area contributed by atoms with Gasteiger partial charge in [-0.25, -0.2) is 4.98 Å². The van der Waals surface area contributed by atoms with Crippen LogP contribution in [-0.4, -0.2) is 29.9 Å². The number of ether oxygens (including phenoxy) is 1. The first-order chi connectivity index (χ1) is 8.66. The number of hydrogen-bond acceptors (Lipinski definition) is 4. The molecule has 0 aliphatic rings. The Morgan fingerprint density at radius 2 is 2.00 bits per heavy atom. The molecule has 0 atom stereocenters. The molecule has 0 spiro atoms. The molecule has 0 amide bonds. The van der Waals surface area contributed by atoms with Gasteiger partial charge in [0.25, 0.3) is 0 Å². The topological polar surface area (TPSA) is 47.3 Å². The summed E-state index contributed by atoms with van der Waals surface area (Å²) in [6.07, 6.45) is -2.50. The van der Waals surface area contributed by atoms with E-state index in [9.17, 15) is 13.2 Å². The van der Waals surface area contributed by atoms with Crippen molar-refractivity contribution in [3.8, 4) is 0 Å². The Kier molecular flexibility index (Phi) is 5.37. The molecule has 1 heterocycles. The van der Waals surface area contributed by atoms with E-state index in [0.717, 1.165) is 0 Å². The molecule has 4 nitrogen and oxygen atoms in total. The Hall–Kier alpha value is -1.08. The molecule has 110 valence electrons. The fraction of sp³-hybridized carbons (Fsp3) is 0.750. The van der Waals surface area contributed by atoms with Gasteiger partial charge in [0, 0.05) is 12.0 Å². The second-order valence-electron chi connectivity index (χ2n) is 5.24. The van der Waals surface area contributed by atoms with Crippen LogP contribution in [0.2, 0.25) is 0 Å². The fourth-order valence-electron chi connectivity index (χ4n) is 1.25. The number of aromatic nitrogens is 1. The van der Waals surface area contributed by atoms with Crippen molar-refractivity contribution < 1.29 is 22.3 Å². The van der Waals surface area contributed by atoms with Gasteiger partial charge >= 0.3 is 6.18 Å². The van der Waals surface area contributed by atoms with Gasteiger partial charge in [0.2, 0.25) is 5.89 Å². The van der Waals surface area contributed by atoms with Gasteiger partial charge in [0.05, 0.1) is 19.3 Å². The highest BCUT2D eigenvalue weighted by Crippen LogP contribution is 2.14. The van der Waals surface area contributed by atoms with Gasteiger partial charge in [-0.2, -0.15) is 13.2 Å². The lowest BCUT2D eigenvalue weighted by Crippen LogP contribution is -2.35. The van der Waals surface area contributed by atoms with Gasteiger partial charge < -0.3 is 14.5 Å². The summed E-state index contributed by atoms with van der Waals surface area (Å²) in [7, 11) is 0. The van der Waals surface area contributed by atoms with Crippen LogP contribution in [0.1, 0.15) is 32.4 Å². The molecule has 0 saturated carbocycles. The molecule has 1 aromatic heterocycles. The molecule has 0 aliphatic heterocycles. The van der Waals surface area contributed by atoms with Crippen molar-refractivity contribution >= 4 is 0 Å². The van der Waals surface area contributed by atoms with Crippen LogP contribution in [0.25, 0.3) is 0 Å². The number of alkyl halides is 3. The zero-order valence-corrected chi connectivity index (χ0v) is 11.3. The van der Waals surface area contributed by atoms with E-state index in [-0.39, 0.29) is 18.6 Å². The first-order valence-electron chi connectivity index (χ1n) is 5.99. The van der Waals surface area contributed by atoms with Crippen molar-refractivity contribution in [3.63, 3.8) is 0 Å². The summed E-state index contributed by atoms with van der Waals surface area (Å²) in [5, 5.41) is 3.20. The van der Waals surface area contributed by atoms with Crippen LogP contribution >= 0.6 is 0 Å². The zero-order chi connectivity index (χ0) is 14.5. The number of nitrogens with zero attached hydrogens (tertiary/aromatic N) is 1. The van der Waals surface area contributed by atoms with Crippen molar-refractivity contribution in [2.24, 2.45) is 0 Å². The zero-order valence-electron chi connectivity index (χ0n) is 11.3. The number of hydrogen-bond donors (Lipinski definition) is 1. The number of rotatable bonds is 6. The molecule has 19 heavy (non-hydrogen) atoms. The molecule has 0 aliphatic carbocycles. The molecule has 0 saturated heterocycles. The van der Waals surface area contributed by atoms with E-state index in [1.54, 1.807) is 0 Å². The van der Waals surface area contributed by atoms with Gasteiger partial charge in [-0.15, -0.1) is 0 Å². The smallest absolute Gasteiger partial charge is 0.411 e. The standard InChI is InChI=1S/C12H19F3N2O2/c1-11(2,3)17-7-10-16-6-9(19-10)4-5-18-8-12(13,14)15/h6,17H,4-5,7-8H2,1-3H3. The largest absolute Gasteiger partial charge is 0.444 e. The molecule has 1 rings (SSSR count). The maximum atomic E-state index is 11.8. The molecule has 0 fully saturated rings. The lowest BCUT2D eigenvalue weighted by molar-refractivity contribution is -0.173. The van der Waals surface area contributed by atoms with Crippen LogP contribution in [0.4, 0.5) is 13.2 Å². The predicted molar refractivity (Wildman–Crippen MR) is 63.7 cm³/mol. The maximum absolute atomic E-state index is 11.8. The van der Waals surface area contributed by atoms with Crippen LogP contribution in [0.3, 0.4) is 0 Å². The molecule has 7 heteroatoms. The van der Waals surface area contributed by atoms with E-state index in [0.29, 0.717) is 18.2 Å². The highest BCUT2D eigenvalue weighted by Gasteiger charge is 2.27. The third kappa shape index (κ3) is 7.84. The van der Waals surface area contributed by atoms with Crippen molar-refractivity contribution in [2.75, 3.05) is 13.2 Å². The molecule has 0 bridgehead atoms. The number of halogens is 3. The van der Waals surface area contributed by atoms with Gasteiger partial charge in [0.1, 0.15) is 12.4 Å². The van der Waals surface area contributed by atoms with E-state index in [1.807, 2.05) is 20.8 Å². The van der Waals surface area contributed by atoms with Crippen LogP contribution in [-0.2, 0) is 17.7 Å². The third-order valence-corrected chi connectivity index (χ3v) is 2.13. The van der Waals surface area contributed by atoms with E-state index in [2.05, 4.69) is 15.0 Å². The maximum Gasteiger partial charge on any atom is 0.411 e. The summed E-state index contributed by atoms with van der Waals surface area (Å²) in [4.78, 5) is 4.04. The molecular weight excluding hydrogens is 261 g/mol. The van der Waals surface area contributed by atoms with E-state index < -0.39 is 12.8 Å². The Morgan fingerprint density at radius 1 is 1.32 bits per heavy atom. The second-order valence-corrected chi connectivity index (χ2v) is 5.24.